The molecule has 1 heterocycles. The van der Waals surface area contributed by atoms with Gasteiger partial charge in [0.15, 0.2) is 9.84 Å². The number of hydrogen-bond donors (Lipinski definition) is 2. The van der Waals surface area contributed by atoms with E-state index in [0.29, 0.717) is 13.1 Å². The quantitative estimate of drug-likeness (QED) is 0.733. The summed E-state index contributed by atoms with van der Waals surface area (Å²) in [6.45, 7) is 0.996. The van der Waals surface area contributed by atoms with E-state index in [1.165, 1.54) is 24.3 Å². The molecule has 4 nitrogen and oxygen atoms in total. The van der Waals surface area contributed by atoms with Gasteiger partial charge in [-0.05, 0) is 18.2 Å². The Bertz CT molecular complexity index is 437. The topological polar surface area (TPSA) is 66.4 Å². The van der Waals surface area contributed by atoms with Crippen LogP contribution in [-0.2, 0) is 9.84 Å². The zero-order chi connectivity index (χ0) is 10.2. The van der Waals surface area contributed by atoms with Crippen LogP contribution in [0.5, 0.6) is 5.75 Å². The number of phenols is 1. The Balaban J connectivity index is 2.38. The van der Waals surface area contributed by atoms with Gasteiger partial charge in [-0.3, -0.25) is 0 Å². The molecule has 76 valence electrons. The highest BCUT2D eigenvalue weighted by atomic mass is 32.2. The number of aromatic hydroxyl groups is 1. The summed E-state index contributed by atoms with van der Waals surface area (Å²) >= 11 is 0. The number of nitrogens with one attached hydrogen (secondary N) is 1. The lowest BCUT2D eigenvalue weighted by Gasteiger charge is -2.26. The van der Waals surface area contributed by atoms with Crippen molar-refractivity contribution in [2.75, 3.05) is 13.1 Å². The molecule has 0 saturated carbocycles. The van der Waals surface area contributed by atoms with Gasteiger partial charge < -0.3 is 10.4 Å². The Morgan fingerprint density at radius 1 is 1.36 bits per heavy atom. The summed E-state index contributed by atoms with van der Waals surface area (Å²) in [5, 5.41) is 11.7. The molecule has 0 atom stereocenters. The molecular weight excluding hydrogens is 202 g/mol. The van der Waals surface area contributed by atoms with E-state index in [2.05, 4.69) is 5.32 Å². The van der Waals surface area contributed by atoms with Gasteiger partial charge in [0.05, 0.1) is 10.1 Å². The minimum atomic E-state index is -3.25. The highest BCUT2D eigenvalue weighted by Crippen LogP contribution is 2.21. The molecule has 0 spiro atoms. The molecule has 1 saturated heterocycles. The molecule has 0 radical (unpaired) electrons. The monoisotopic (exact) mass is 213 g/mol. The number of hydrogen-bond acceptors (Lipinski definition) is 4. The number of phenolic OH excluding ortho intramolecular Hbond substituents is 1. The van der Waals surface area contributed by atoms with Gasteiger partial charge in [-0.15, -0.1) is 0 Å². The maximum Gasteiger partial charge on any atom is 0.183 e. The van der Waals surface area contributed by atoms with Gasteiger partial charge in [0.2, 0.25) is 0 Å². The SMILES string of the molecule is O=S(=O)(c1cccc(O)c1)C1CNC1. The first-order valence-corrected chi connectivity index (χ1v) is 5.89. The molecule has 1 aromatic rings. The van der Waals surface area contributed by atoms with Crippen molar-refractivity contribution in [3.8, 4) is 5.75 Å². The zero-order valence-electron chi connectivity index (χ0n) is 7.47. The van der Waals surface area contributed by atoms with Crippen LogP contribution in [0.25, 0.3) is 0 Å². The van der Waals surface area contributed by atoms with Crippen LogP contribution in [-0.4, -0.2) is 31.9 Å². The van der Waals surface area contributed by atoms with Crippen molar-refractivity contribution >= 4 is 9.84 Å². The van der Waals surface area contributed by atoms with Gasteiger partial charge in [-0.2, -0.15) is 0 Å². The fourth-order valence-electron chi connectivity index (χ4n) is 1.33. The van der Waals surface area contributed by atoms with Crippen LogP contribution in [0, 0.1) is 0 Å². The molecule has 5 heteroatoms. The third-order valence-corrected chi connectivity index (χ3v) is 4.45. The number of rotatable bonds is 2. The molecule has 0 aromatic heterocycles. The third kappa shape index (κ3) is 1.49. The van der Waals surface area contributed by atoms with Gasteiger partial charge >= 0.3 is 0 Å². The fraction of sp³-hybridized carbons (Fsp3) is 0.333. The van der Waals surface area contributed by atoms with Crippen LogP contribution in [0.4, 0.5) is 0 Å². The molecule has 0 bridgehead atoms. The van der Waals surface area contributed by atoms with Gasteiger partial charge in [0.1, 0.15) is 5.75 Å². The van der Waals surface area contributed by atoms with Gasteiger partial charge in [0, 0.05) is 13.1 Å². The first-order valence-electron chi connectivity index (χ1n) is 4.34. The lowest BCUT2D eigenvalue weighted by atomic mass is 10.3. The second kappa shape index (κ2) is 3.25. The molecule has 2 rings (SSSR count). The highest BCUT2D eigenvalue weighted by molar-refractivity contribution is 7.92. The third-order valence-electron chi connectivity index (χ3n) is 2.33. The predicted octanol–water partition coefficient (Wildman–Crippen LogP) is 0.138. The van der Waals surface area contributed by atoms with Crippen molar-refractivity contribution in [3.05, 3.63) is 24.3 Å². The Kier molecular flexibility index (Phi) is 2.20. The van der Waals surface area contributed by atoms with E-state index in [1.807, 2.05) is 0 Å². The lowest BCUT2D eigenvalue weighted by molar-refractivity contribution is 0.471. The van der Waals surface area contributed by atoms with Crippen molar-refractivity contribution in [3.63, 3.8) is 0 Å². The first kappa shape index (κ1) is 9.48. The van der Waals surface area contributed by atoms with E-state index in [4.69, 9.17) is 5.11 Å². The van der Waals surface area contributed by atoms with Crippen molar-refractivity contribution in [2.45, 2.75) is 10.1 Å². The molecule has 14 heavy (non-hydrogen) atoms. The van der Waals surface area contributed by atoms with Crippen molar-refractivity contribution in [2.24, 2.45) is 0 Å². The standard InChI is InChI=1S/C9H11NO3S/c11-7-2-1-3-8(4-7)14(12,13)9-5-10-6-9/h1-4,9-11H,5-6H2. The Morgan fingerprint density at radius 2 is 2.07 bits per heavy atom. The number of benzene rings is 1. The van der Waals surface area contributed by atoms with E-state index < -0.39 is 9.84 Å². The summed E-state index contributed by atoms with van der Waals surface area (Å²) < 4.78 is 23.6. The summed E-state index contributed by atoms with van der Waals surface area (Å²) in [7, 11) is -3.25. The normalized spacial score (nSPS) is 17.7. The lowest BCUT2D eigenvalue weighted by Crippen LogP contribution is -2.51. The second-order valence-corrected chi connectivity index (χ2v) is 5.55. The Hall–Kier alpha value is -1.07. The highest BCUT2D eigenvalue weighted by Gasteiger charge is 2.32. The van der Waals surface area contributed by atoms with Gasteiger partial charge in [-0.25, -0.2) is 8.42 Å². The average molecular weight is 213 g/mol. The van der Waals surface area contributed by atoms with Gasteiger partial charge in [-0.1, -0.05) is 6.07 Å². The van der Waals surface area contributed by atoms with Gasteiger partial charge in [0.25, 0.3) is 0 Å². The van der Waals surface area contributed by atoms with Crippen molar-refractivity contribution < 1.29 is 13.5 Å². The van der Waals surface area contributed by atoms with Crippen molar-refractivity contribution in [1.82, 2.24) is 5.32 Å². The van der Waals surface area contributed by atoms with Crippen LogP contribution in [0.1, 0.15) is 0 Å². The fourth-order valence-corrected chi connectivity index (χ4v) is 2.95. The Labute approximate surface area is 82.5 Å². The van der Waals surface area contributed by atoms with Crippen LogP contribution in [0.15, 0.2) is 29.2 Å². The van der Waals surface area contributed by atoms with Crippen LogP contribution in [0.2, 0.25) is 0 Å². The van der Waals surface area contributed by atoms with Crippen LogP contribution in [0.3, 0.4) is 0 Å². The van der Waals surface area contributed by atoms with E-state index in [9.17, 15) is 8.42 Å². The molecular formula is C9H11NO3S. The molecule has 2 N–H and O–H groups in total. The summed E-state index contributed by atoms with van der Waals surface area (Å²) in [5.74, 6) is -0.0154. The molecule has 1 aliphatic heterocycles. The molecule has 1 aromatic carbocycles. The van der Waals surface area contributed by atoms with Crippen molar-refractivity contribution in [1.29, 1.82) is 0 Å². The summed E-state index contributed by atoms with van der Waals surface area (Å²) in [6.07, 6.45) is 0. The summed E-state index contributed by atoms with van der Waals surface area (Å²) in [5.41, 5.74) is 0. The zero-order valence-corrected chi connectivity index (χ0v) is 8.29. The molecule has 0 unspecified atom stereocenters. The largest absolute Gasteiger partial charge is 0.508 e. The maximum atomic E-state index is 11.8. The van der Waals surface area contributed by atoms with E-state index in [-0.39, 0.29) is 15.9 Å². The van der Waals surface area contributed by atoms with E-state index in [0.717, 1.165) is 0 Å². The predicted molar refractivity (Wildman–Crippen MR) is 52.0 cm³/mol. The molecule has 0 amide bonds. The maximum absolute atomic E-state index is 11.8. The smallest absolute Gasteiger partial charge is 0.183 e. The Morgan fingerprint density at radius 3 is 2.57 bits per heavy atom. The van der Waals surface area contributed by atoms with E-state index in [1.54, 1.807) is 0 Å². The van der Waals surface area contributed by atoms with Crippen LogP contribution < -0.4 is 5.32 Å². The molecule has 1 fully saturated rings. The molecule has 0 aliphatic carbocycles. The molecule has 1 aliphatic rings. The minimum Gasteiger partial charge on any atom is -0.508 e. The summed E-state index contributed by atoms with van der Waals surface area (Å²) in [4.78, 5) is 0.198. The van der Waals surface area contributed by atoms with E-state index >= 15 is 0 Å². The second-order valence-electron chi connectivity index (χ2n) is 3.32. The number of sulfone groups is 1. The minimum absolute atomic E-state index is 0.0154. The van der Waals surface area contributed by atoms with Crippen LogP contribution >= 0.6 is 0 Å². The average Bonchev–Trinajstić information content (AvgIpc) is 2.00. The summed E-state index contributed by atoms with van der Waals surface area (Å²) in [6, 6.07) is 5.79. The first-order chi connectivity index (χ1) is 6.60.